The van der Waals surface area contributed by atoms with Crippen LogP contribution in [0.25, 0.3) is 0 Å². The van der Waals surface area contributed by atoms with E-state index in [2.05, 4.69) is 11.8 Å². The van der Waals surface area contributed by atoms with E-state index in [1.165, 1.54) is 17.1 Å². The molecule has 0 spiro atoms. The fraction of sp³-hybridized carbons (Fsp3) is 0.667. The maximum Gasteiger partial charge on any atom is 0.243 e. The topological polar surface area (TPSA) is 40.6 Å². The number of piperidine rings is 1. The zero-order valence-corrected chi connectivity index (χ0v) is 15.6. The molecule has 5 heteroatoms. The first kappa shape index (κ1) is 18.4. The highest BCUT2D eigenvalue weighted by molar-refractivity contribution is 7.89. The van der Waals surface area contributed by atoms with Gasteiger partial charge in [-0.2, -0.15) is 4.31 Å². The normalized spacial score (nSPS) is 19.2. The highest BCUT2D eigenvalue weighted by Crippen LogP contribution is 2.22. The first-order chi connectivity index (χ1) is 10.8. The van der Waals surface area contributed by atoms with Gasteiger partial charge in [0.1, 0.15) is 0 Å². The lowest BCUT2D eigenvalue weighted by Crippen LogP contribution is -2.40. The molecule has 0 saturated carbocycles. The molecule has 1 aromatic rings. The second-order valence-corrected chi connectivity index (χ2v) is 8.91. The van der Waals surface area contributed by atoms with E-state index in [-0.39, 0.29) is 6.04 Å². The molecule has 0 amide bonds. The summed E-state index contributed by atoms with van der Waals surface area (Å²) in [5, 5.41) is 0. The standard InChI is InChI=1S/C18H30N2O2S/c1-15-9-12-20(13-10-15)14-11-17(3)19(4)23(21,22)18-8-6-5-7-16(18)2/h5-8,15,17H,9-14H2,1-4H3. The zero-order chi connectivity index (χ0) is 17.0. The lowest BCUT2D eigenvalue weighted by molar-refractivity contribution is 0.179. The van der Waals surface area contributed by atoms with E-state index >= 15 is 0 Å². The van der Waals surface area contributed by atoms with Crippen LogP contribution in [0.15, 0.2) is 29.2 Å². The van der Waals surface area contributed by atoms with Crippen molar-refractivity contribution >= 4 is 10.0 Å². The van der Waals surface area contributed by atoms with Crippen LogP contribution in [0.3, 0.4) is 0 Å². The average Bonchev–Trinajstić information content (AvgIpc) is 2.53. The Morgan fingerprint density at radius 2 is 1.87 bits per heavy atom. The number of benzene rings is 1. The molecule has 0 bridgehead atoms. The molecule has 0 aromatic heterocycles. The summed E-state index contributed by atoms with van der Waals surface area (Å²) in [6.45, 7) is 9.41. The Morgan fingerprint density at radius 1 is 1.26 bits per heavy atom. The first-order valence-electron chi connectivity index (χ1n) is 8.58. The molecule has 2 rings (SSSR count). The van der Waals surface area contributed by atoms with Crippen molar-refractivity contribution in [3.05, 3.63) is 29.8 Å². The number of likely N-dealkylation sites (tertiary alicyclic amines) is 1. The van der Waals surface area contributed by atoms with Crippen molar-refractivity contribution in [2.24, 2.45) is 5.92 Å². The van der Waals surface area contributed by atoms with Crippen molar-refractivity contribution < 1.29 is 8.42 Å². The molecule has 0 N–H and O–H groups in total. The molecule has 1 saturated heterocycles. The smallest absolute Gasteiger partial charge is 0.243 e. The van der Waals surface area contributed by atoms with Gasteiger partial charge in [-0.15, -0.1) is 0 Å². The van der Waals surface area contributed by atoms with E-state index < -0.39 is 10.0 Å². The highest BCUT2D eigenvalue weighted by Gasteiger charge is 2.27. The summed E-state index contributed by atoms with van der Waals surface area (Å²) in [5.41, 5.74) is 0.802. The molecule has 0 radical (unpaired) electrons. The minimum Gasteiger partial charge on any atom is -0.303 e. The van der Waals surface area contributed by atoms with Crippen molar-refractivity contribution in [2.45, 2.75) is 51.0 Å². The van der Waals surface area contributed by atoms with E-state index in [0.717, 1.165) is 37.5 Å². The number of hydrogen-bond donors (Lipinski definition) is 0. The van der Waals surface area contributed by atoms with Gasteiger partial charge in [-0.3, -0.25) is 0 Å². The molecule has 1 aromatic carbocycles. The van der Waals surface area contributed by atoms with Crippen LogP contribution in [0.4, 0.5) is 0 Å². The summed E-state index contributed by atoms with van der Waals surface area (Å²) in [7, 11) is -1.72. The van der Waals surface area contributed by atoms with Gasteiger partial charge in [-0.05, 0) is 70.3 Å². The third-order valence-corrected chi connectivity index (χ3v) is 7.24. The van der Waals surface area contributed by atoms with Gasteiger partial charge in [0, 0.05) is 13.1 Å². The minimum absolute atomic E-state index is 0.000967. The van der Waals surface area contributed by atoms with Gasteiger partial charge in [0.2, 0.25) is 10.0 Å². The van der Waals surface area contributed by atoms with Crippen LogP contribution in [0.1, 0.15) is 38.7 Å². The van der Waals surface area contributed by atoms with Crippen LogP contribution in [0.2, 0.25) is 0 Å². The number of hydrogen-bond acceptors (Lipinski definition) is 3. The van der Waals surface area contributed by atoms with Crippen LogP contribution >= 0.6 is 0 Å². The maximum atomic E-state index is 12.8. The Balaban J connectivity index is 1.96. The predicted molar refractivity (Wildman–Crippen MR) is 95.0 cm³/mol. The van der Waals surface area contributed by atoms with Gasteiger partial charge in [-0.25, -0.2) is 8.42 Å². The second kappa shape index (κ2) is 7.77. The Morgan fingerprint density at radius 3 is 2.48 bits per heavy atom. The van der Waals surface area contributed by atoms with E-state index in [9.17, 15) is 8.42 Å². The first-order valence-corrected chi connectivity index (χ1v) is 10.0. The Labute approximate surface area is 141 Å². The Kier molecular flexibility index (Phi) is 6.23. The fourth-order valence-electron chi connectivity index (χ4n) is 3.07. The van der Waals surface area contributed by atoms with Crippen LogP contribution in [-0.4, -0.2) is 50.3 Å². The summed E-state index contributed by atoms with van der Waals surface area (Å²) in [6.07, 6.45) is 3.38. The molecule has 1 heterocycles. The monoisotopic (exact) mass is 338 g/mol. The largest absolute Gasteiger partial charge is 0.303 e. The fourth-order valence-corrected chi connectivity index (χ4v) is 4.69. The lowest BCUT2D eigenvalue weighted by Gasteiger charge is -2.32. The molecule has 130 valence electrons. The number of nitrogens with zero attached hydrogens (tertiary/aromatic N) is 2. The molecular weight excluding hydrogens is 308 g/mol. The third-order valence-electron chi connectivity index (χ3n) is 5.11. The minimum atomic E-state index is -3.42. The Bertz CT molecular complexity index is 607. The summed E-state index contributed by atoms with van der Waals surface area (Å²) in [6, 6.07) is 7.20. The molecule has 4 nitrogen and oxygen atoms in total. The molecule has 1 fully saturated rings. The number of aryl methyl sites for hydroxylation is 1. The van der Waals surface area contributed by atoms with Gasteiger partial charge in [0.05, 0.1) is 4.90 Å². The molecule has 1 aliphatic heterocycles. The molecule has 0 aliphatic carbocycles. The number of sulfonamides is 1. The van der Waals surface area contributed by atoms with Crippen molar-refractivity contribution in [3.63, 3.8) is 0 Å². The highest BCUT2D eigenvalue weighted by atomic mass is 32.2. The quantitative estimate of drug-likeness (QED) is 0.800. The van der Waals surface area contributed by atoms with Gasteiger partial charge in [-0.1, -0.05) is 25.1 Å². The van der Waals surface area contributed by atoms with Crippen molar-refractivity contribution in [2.75, 3.05) is 26.7 Å². The average molecular weight is 339 g/mol. The van der Waals surface area contributed by atoms with Crippen LogP contribution < -0.4 is 0 Å². The van der Waals surface area contributed by atoms with Crippen LogP contribution in [-0.2, 0) is 10.0 Å². The third kappa shape index (κ3) is 4.55. The molecule has 1 aliphatic rings. The lowest BCUT2D eigenvalue weighted by atomic mass is 9.99. The van der Waals surface area contributed by atoms with Gasteiger partial charge in [0.15, 0.2) is 0 Å². The predicted octanol–water partition coefficient (Wildman–Crippen LogP) is 3.13. The van der Waals surface area contributed by atoms with Crippen LogP contribution in [0.5, 0.6) is 0 Å². The van der Waals surface area contributed by atoms with Gasteiger partial charge in [0.25, 0.3) is 0 Å². The van der Waals surface area contributed by atoms with E-state index in [4.69, 9.17) is 0 Å². The molecule has 23 heavy (non-hydrogen) atoms. The summed E-state index contributed by atoms with van der Waals surface area (Å²) >= 11 is 0. The van der Waals surface area contributed by atoms with Crippen molar-refractivity contribution in [3.8, 4) is 0 Å². The summed E-state index contributed by atoms with van der Waals surface area (Å²) in [5.74, 6) is 0.827. The maximum absolute atomic E-state index is 12.8. The van der Waals surface area contributed by atoms with E-state index in [1.54, 1.807) is 19.2 Å². The van der Waals surface area contributed by atoms with Gasteiger partial charge >= 0.3 is 0 Å². The molecule has 1 atom stereocenters. The summed E-state index contributed by atoms with van der Waals surface area (Å²) in [4.78, 5) is 2.88. The summed E-state index contributed by atoms with van der Waals surface area (Å²) < 4.78 is 27.1. The Hall–Kier alpha value is -0.910. The van der Waals surface area contributed by atoms with Crippen molar-refractivity contribution in [1.29, 1.82) is 0 Å². The number of rotatable bonds is 6. The molecule has 1 unspecified atom stereocenters. The SMILES string of the molecule is Cc1ccccc1S(=O)(=O)N(C)C(C)CCN1CCC(C)CC1. The van der Waals surface area contributed by atoms with Gasteiger partial charge < -0.3 is 4.90 Å². The zero-order valence-electron chi connectivity index (χ0n) is 14.8. The van der Waals surface area contributed by atoms with Crippen LogP contribution in [0, 0.1) is 12.8 Å². The molecular formula is C18H30N2O2S. The second-order valence-electron chi connectivity index (χ2n) is 6.95. The van der Waals surface area contributed by atoms with E-state index in [1.807, 2.05) is 26.0 Å². The van der Waals surface area contributed by atoms with E-state index in [0.29, 0.717) is 4.90 Å². The van der Waals surface area contributed by atoms with Crippen molar-refractivity contribution in [1.82, 2.24) is 9.21 Å².